The van der Waals surface area contributed by atoms with E-state index in [1.165, 1.54) is 5.56 Å². The molecule has 4 heteroatoms. The number of aryl methyl sites for hydroxylation is 2. The number of nitrogens with zero attached hydrogens (tertiary/aromatic N) is 2. The summed E-state index contributed by atoms with van der Waals surface area (Å²) in [6.45, 7) is 9.58. The zero-order valence-corrected chi connectivity index (χ0v) is 13.4. The molecule has 4 nitrogen and oxygen atoms in total. The van der Waals surface area contributed by atoms with Gasteiger partial charge in [0.25, 0.3) is 0 Å². The Morgan fingerprint density at radius 1 is 1.14 bits per heavy atom. The second kappa shape index (κ2) is 7.36. The standard InChI is InChI=1S/C17H25N3O/c1-5-14-13(9-10-18-12(3)4)15(6-2)20-17(19-14)16-8-7-11-21-16/h7-8,11-12,18H,5-6,9-10H2,1-4H3. The molecular weight excluding hydrogens is 262 g/mol. The summed E-state index contributed by atoms with van der Waals surface area (Å²) in [5.74, 6) is 1.44. The molecular formula is C17H25N3O. The summed E-state index contributed by atoms with van der Waals surface area (Å²) in [4.78, 5) is 9.41. The molecule has 0 radical (unpaired) electrons. The van der Waals surface area contributed by atoms with Gasteiger partial charge in [0.15, 0.2) is 11.6 Å². The predicted molar refractivity (Wildman–Crippen MR) is 85.3 cm³/mol. The Kier molecular flexibility index (Phi) is 5.51. The lowest BCUT2D eigenvalue weighted by atomic mass is 10.0. The molecule has 21 heavy (non-hydrogen) atoms. The van der Waals surface area contributed by atoms with Crippen LogP contribution in [0, 0.1) is 0 Å². The van der Waals surface area contributed by atoms with Crippen LogP contribution in [0.25, 0.3) is 11.6 Å². The Morgan fingerprint density at radius 3 is 2.29 bits per heavy atom. The predicted octanol–water partition coefficient (Wildman–Crippen LogP) is 3.40. The van der Waals surface area contributed by atoms with Crippen molar-refractivity contribution in [3.8, 4) is 11.6 Å². The quantitative estimate of drug-likeness (QED) is 0.848. The van der Waals surface area contributed by atoms with Crippen LogP contribution >= 0.6 is 0 Å². The van der Waals surface area contributed by atoms with Crippen molar-refractivity contribution < 1.29 is 4.42 Å². The van der Waals surface area contributed by atoms with Crippen LogP contribution < -0.4 is 5.32 Å². The zero-order valence-electron chi connectivity index (χ0n) is 13.4. The minimum atomic E-state index is 0.503. The van der Waals surface area contributed by atoms with E-state index in [0.29, 0.717) is 11.9 Å². The van der Waals surface area contributed by atoms with Gasteiger partial charge in [-0.25, -0.2) is 9.97 Å². The van der Waals surface area contributed by atoms with Gasteiger partial charge in [-0.1, -0.05) is 27.7 Å². The van der Waals surface area contributed by atoms with Crippen LogP contribution in [0.2, 0.25) is 0 Å². The smallest absolute Gasteiger partial charge is 0.196 e. The molecule has 0 aliphatic rings. The van der Waals surface area contributed by atoms with Crippen LogP contribution in [0.3, 0.4) is 0 Å². The largest absolute Gasteiger partial charge is 0.461 e. The highest BCUT2D eigenvalue weighted by Gasteiger charge is 2.14. The molecule has 0 saturated heterocycles. The Bertz CT molecular complexity index is 536. The van der Waals surface area contributed by atoms with E-state index < -0.39 is 0 Å². The van der Waals surface area contributed by atoms with Crippen molar-refractivity contribution in [2.45, 2.75) is 53.0 Å². The van der Waals surface area contributed by atoms with Gasteiger partial charge >= 0.3 is 0 Å². The number of hydrogen-bond acceptors (Lipinski definition) is 4. The minimum Gasteiger partial charge on any atom is -0.461 e. The van der Waals surface area contributed by atoms with Crippen LogP contribution in [0.5, 0.6) is 0 Å². The summed E-state index contributed by atoms with van der Waals surface area (Å²) < 4.78 is 5.43. The molecule has 0 aromatic carbocycles. The van der Waals surface area contributed by atoms with Gasteiger partial charge in [-0.2, -0.15) is 0 Å². The molecule has 2 rings (SSSR count). The van der Waals surface area contributed by atoms with Crippen molar-refractivity contribution in [3.63, 3.8) is 0 Å². The first-order valence-electron chi connectivity index (χ1n) is 7.81. The van der Waals surface area contributed by atoms with Crippen LogP contribution in [-0.2, 0) is 19.3 Å². The average Bonchev–Trinajstić information content (AvgIpc) is 3.00. The Labute approximate surface area is 127 Å². The van der Waals surface area contributed by atoms with Gasteiger partial charge in [0.2, 0.25) is 0 Å². The normalized spacial score (nSPS) is 11.3. The number of hydrogen-bond donors (Lipinski definition) is 1. The van der Waals surface area contributed by atoms with Gasteiger partial charge in [0.05, 0.1) is 6.26 Å². The van der Waals surface area contributed by atoms with Crippen LogP contribution in [0.15, 0.2) is 22.8 Å². The molecule has 0 saturated carbocycles. The summed E-state index contributed by atoms with van der Waals surface area (Å²) in [6, 6.07) is 4.29. The molecule has 1 N–H and O–H groups in total. The number of furan rings is 1. The summed E-state index contributed by atoms with van der Waals surface area (Å²) in [7, 11) is 0. The van der Waals surface area contributed by atoms with Crippen molar-refractivity contribution in [1.29, 1.82) is 0 Å². The second-order valence-corrected chi connectivity index (χ2v) is 5.46. The van der Waals surface area contributed by atoms with Gasteiger partial charge in [0, 0.05) is 17.4 Å². The summed E-state index contributed by atoms with van der Waals surface area (Å²) in [5, 5.41) is 3.46. The maximum absolute atomic E-state index is 5.43. The molecule has 0 aliphatic carbocycles. The van der Waals surface area contributed by atoms with Gasteiger partial charge < -0.3 is 9.73 Å². The highest BCUT2D eigenvalue weighted by Crippen LogP contribution is 2.21. The molecule has 0 spiro atoms. The fraction of sp³-hybridized carbons (Fsp3) is 0.529. The summed E-state index contributed by atoms with van der Waals surface area (Å²) in [6.07, 6.45) is 4.47. The highest BCUT2D eigenvalue weighted by atomic mass is 16.3. The van der Waals surface area contributed by atoms with E-state index in [1.54, 1.807) is 6.26 Å². The van der Waals surface area contributed by atoms with Crippen molar-refractivity contribution >= 4 is 0 Å². The molecule has 0 amide bonds. The summed E-state index contributed by atoms with van der Waals surface area (Å²) in [5.41, 5.74) is 3.57. The van der Waals surface area contributed by atoms with Gasteiger partial charge in [-0.05, 0) is 43.5 Å². The molecule has 2 aromatic rings. The second-order valence-electron chi connectivity index (χ2n) is 5.46. The summed E-state index contributed by atoms with van der Waals surface area (Å²) >= 11 is 0. The van der Waals surface area contributed by atoms with Gasteiger partial charge in [0.1, 0.15) is 0 Å². The first-order chi connectivity index (χ1) is 10.2. The average molecular weight is 287 g/mol. The third kappa shape index (κ3) is 3.91. The number of nitrogens with one attached hydrogen (secondary N) is 1. The van der Waals surface area contributed by atoms with E-state index in [0.717, 1.165) is 43.0 Å². The minimum absolute atomic E-state index is 0.503. The molecule has 0 atom stereocenters. The Balaban J connectivity index is 2.31. The fourth-order valence-corrected chi connectivity index (χ4v) is 2.46. The van der Waals surface area contributed by atoms with Crippen LogP contribution in [0.4, 0.5) is 0 Å². The van der Waals surface area contributed by atoms with E-state index in [-0.39, 0.29) is 0 Å². The molecule has 2 heterocycles. The maximum atomic E-state index is 5.43. The zero-order chi connectivity index (χ0) is 15.2. The van der Waals surface area contributed by atoms with E-state index in [4.69, 9.17) is 14.4 Å². The van der Waals surface area contributed by atoms with Crippen molar-refractivity contribution in [2.75, 3.05) is 6.54 Å². The topological polar surface area (TPSA) is 51.0 Å². The first-order valence-corrected chi connectivity index (χ1v) is 7.81. The lowest BCUT2D eigenvalue weighted by Gasteiger charge is -2.14. The van der Waals surface area contributed by atoms with E-state index in [2.05, 4.69) is 33.0 Å². The third-order valence-electron chi connectivity index (χ3n) is 3.52. The van der Waals surface area contributed by atoms with Gasteiger partial charge in [-0.3, -0.25) is 0 Å². The van der Waals surface area contributed by atoms with Crippen LogP contribution in [-0.4, -0.2) is 22.6 Å². The van der Waals surface area contributed by atoms with E-state index >= 15 is 0 Å². The Morgan fingerprint density at radius 2 is 1.81 bits per heavy atom. The molecule has 0 bridgehead atoms. The molecule has 114 valence electrons. The van der Waals surface area contributed by atoms with Crippen molar-refractivity contribution in [1.82, 2.24) is 15.3 Å². The fourth-order valence-electron chi connectivity index (χ4n) is 2.46. The van der Waals surface area contributed by atoms with Crippen molar-refractivity contribution in [2.24, 2.45) is 0 Å². The first kappa shape index (κ1) is 15.7. The van der Waals surface area contributed by atoms with Crippen LogP contribution in [0.1, 0.15) is 44.6 Å². The third-order valence-corrected chi connectivity index (χ3v) is 3.52. The number of rotatable bonds is 7. The Hall–Kier alpha value is -1.68. The van der Waals surface area contributed by atoms with E-state index in [9.17, 15) is 0 Å². The van der Waals surface area contributed by atoms with Crippen molar-refractivity contribution in [3.05, 3.63) is 35.3 Å². The van der Waals surface area contributed by atoms with Gasteiger partial charge in [-0.15, -0.1) is 0 Å². The maximum Gasteiger partial charge on any atom is 0.196 e. The van der Waals surface area contributed by atoms with E-state index in [1.807, 2.05) is 12.1 Å². The monoisotopic (exact) mass is 287 g/mol. The lowest BCUT2D eigenvalue weighted by molar-refractivity contribution is 0.573. The highest BCUT2D eigenvalue weighted by molar-refractivity contribution is 5.48. The molecule has 0 unspecified atom stereocenters. The molecule has 0 aliphatic heterocycles. The number of aromatic nitrogens is 2. The molecule has 2 aromatic heterocycles. The SMILES string of the molecule is CCc1nc(-c2ccco2)nc(CC)c1CCNC(C)C. The molecule has 0 fully saturated rings. The lowest BCUT2D eigenvalue weighted by Crippen LogP contribution is -2.26.